The van der Waals surface area contributed by atoms with E-state index in [9.17, 15) is 13.2 Å². The standard InChI is InChI=1S/C22H21ClN2O3S2/c1-2-21(29-19-12-8-16(23)9-13-19)22(26)24-17-10-14-20(15-11-17)30(27,28)25-18-6-4-3-5-7-18/h3-15,21,25H,2H2,1H3,(H,24,26)/t21-/m0/s1. The molecule has 0 bridgehead atoms. The Hall–Kier alpha value is -2.48. The number of halogens is 1. The van der Waals surface area contributed by atoms with Gasteiger partial charge in [-0.3, -0.25) is 9.52 Å². The highest BCUT2D eigenvalue weighted by atomic mass is 35.5. The Bertz CT molecular complexity index is 1090. The molecule has 3 rings (SSSR count). The van der Waals surface area contributed by atoms with E-state index in [4.69, 9.17) is 11.6 Å². The minimum Gasteiger partial charge on any atom is -0.325 e. The van der Waals surface area contributed by atoms with Gasteiger partial charge in [0.1, 0.15) is 0 Å². The minimum absolute atomic E-state index is 0.118. The van der Waals surface area contributed by atoms with Crippen LogP contribution in [0.5, 0.6) is 0 Å². The summed E-state index contributed by atoms with van der Waals surface area (Å²) in [5, 5.41) is 3.22. The van der Waals surface area contributed by atoms with E-state index >= 15 is 0 Å². The minimum atomic E-state index is -3.70. The van der Waals surface area contributed by atoms with Gasteiger partial charge >= 0.3 is 0 Å². The molecular formula is C22H21ClN2O3S2. The maximum atomic E-state index is 12.6. The number of amides is 1. The summed E-state index contributed by atoms with van der Waals surface area (Å²) in [5.41, 5.74) is 1.02. The van der Waals surface area contributed by atoms with Crippen molar-refractivity contribution in [3.05, 3.63) is 83.9 Å². The molecule has 5 nitrogen and oxygen atoms in total. The molecule has 30 heavy (non-hydrogen) atoms. The first-order valence-corrected chi connectivity index (χ1v) is 12.0. The third kappa shape index (κ3) is 6.01. The fourth-order valence-corrected chi connectivity index (χ4v) is 4.80. The molecule has 1 amide bonds. The van der Waals surface area contributed by atoms with Crippen LogP contribution in [0.15, 0.2) is 88.7 Å². The highest BCUT2D eigenvalue weighted by Gasteiger charge is 2.19. The molecule has 0 unspecified atom stereocenters. The second kappa shape index (κ2) is 10.0. The van der Waals surface area contributed by atoms with Crippen LogP contribution < -0.4 is 10.0 Å². The fourth-order valence-electron chi connectivity index (χ4n) is 2.66. The van der Waals surface area contributed by atoms with Crippen molar-refractivity contribution in [2.24, 2.45) is 0 Å². The van der Waals surface area contributed by atoms with Gasteiger partial charge in [-0.2, -0.15) is 0 Å². The fraction of sp³-hybridized carbons (Fsp3) is 0.136. The summed E-state index contributed by atoms with van der Waals surface area (Å²) in [6, 6.07) is 22.1. The van der Waals surface area contributed by atoms with Crippen LogP contribution in [0.4, 0.5) is 11.4 Å². The number of hydrogen-bond acceptors (Lipinski definition) is 4. The molecule has 0 fully saturated rings. The number of hydrogen-bond donors (Lipinski definition) is 2. The molecule has 0 radical (unpaired) electrons. The average Bonchev–Trinajstić information content (AvgIpc) is 2.74. The van der Waals surface area contributed by atoms with E-state index in [1.165, 1.54) is 23.9 Å². The largest absolute Gasteiger partial charge is 0.325 e. The van der Waals surface area contributed by atoms with Crippen molar-refractivity contribution in [1.29, 1.82) is 0 Å². The van der Waals surface area contributed by atoms with Crippen molar-refractivity contribution in [3.8, 4) is 0 Å². The van der Waals surface area contributed by atoms with Gasteiger partial charge in [0.25, 0.3) is 10.0 Å². The van der Waals surface area contributed by atoms with Crippen molar-refractivity contribution in [2.75, 3.05) is 10.0 Å². The molecular weight excluding hydrogens is 440 g/mol. The molecule has 2 N–H and O–H groups in total. The smallest absolute Gasteiger partial charge is 0.261 e. The molecule has 0 aliphatic rings. The number of nitrogens with one attached hydrogen (secondary N) is 2. The highest BCUT2D eigenvalue weighted by Crippen LogP contribution is 2.28. The lowest BCUT2D eigenvalue weighted by Crippen LogP contribution is -2.24. The molecule has 8 heteroatoms. The lowest BCUT2D eigenvalue weighted by Gasteiger charge is -2.15. The molecule has 1 atom stereocenters. The number of para-hydroxylation sites is 1. The number of sulfonamides is 1. The van der Waals surface area contributed by atoms with Crippen LogP contribution in [0.2, 0.25) is 5.02 Å². The van der Waals surface area contributed by atoms with Gasteiger partial charge in [-0.1, -0.05) is 36.7 Å². The Morgan fingerprint density at radius 1 is 0.933 bits per heavy atom. The van der Waals surface area contributed by atoms with E-state index in [0.717, 1.165) is 4.90 Å². The summed E-state index contributed by atoms with van der Waals surface area (Å²) in [4.78, 5) is 13.7. The number of carbonyl (C=O) groups is 1. The summed E-state index contributed by atoms with van der Waals surface area (Å²) < 4.78 is 27.5. The zero-order chi connectivity index (χ0) is 21.6. The molecule has 0 aliphatic heterocycles. The maximum Gasteiger partial charge on any atom is 0.261 e. The quantitative estimate of drug-likeness (QED) is 0.426. The van der Waals surface area contributed by atoms with Crippen LogP contribution in [0.3, 0.4) is 0 Å². The van der Waals surface area contributed by atoms with Crippen LogP contribution in [-0.2, 0) is 14.8 Å². The first-order valence-electron chi connectivity index (χ1n) is 9.28. The normalized spacial score (nSPS) is 12.2. The van der Waals surface area contributed by atoms with Crippen molar-refractivity contribution in [2.45, 2.75) is 28.4 Å². The summed E-state index contributed by atoms with van der Waals surface area (Å²) in [7, 11) is -3.70. The second-order valence-electron chi connectivity index (χ2n) is 6.45. The van der Waals surface area contributed by atoms with Gasteiger partial charge in [-0.05, 0) is 67.1 Å². The van der Waals surface area contributed by atoms with Crippen molar-refractivity contribution < 1.29 is 13.2 Å². The lowest BCUT2D eigenvalue weighted by atomic mass is 10.3. The number of rotatable bonds is 8. The molecule has 156 valence electrons. The van der Waals surface area contributed by atoms with E-state index in [2.05, 4.69) is 10.0 Å². The Labute approximate surface area is 185 Å². The molecule has 0 heterocycles. The summed E-state index contributed by atoms with van der Waals surface area (Å²) in [5.74, 6) is -0.143. The van der Waals surface area contributed by atoms with E-state index < -0.39 is 10.0 Å². The Morgan fingerprint density at radius 2 is 1.57 bits per heavy atom. The van der Waals surface area contributed by atoms with Crippen LogP contribution >= 0.6 is 23.4 Å². The van der Waals surface area contributed by atoms with E-state index in [1.54, 1.807) is 48.5 Å². The first-order chi connectivity index (χ1) is 14.4. The molecule has 3 aromatic carbocycles. The molecule has 0 spiro atoms. The monoisotopic (exact) mass is 460 g/mol. The summed E-state index contributed by atoms with van der Waals surface area (Å²) in [6.45, 7) is 1.94. The average molecular weight is 461 g/mol. The Balaban J connectivity index is 1.65. The molecule has 3 aromatic rings. The zero-order valence-corrected chi connectivity index (χ0v) is 18.6. The van der Waals surface area contributed by atoms with Gasteiger partial charge in [0.2, 0.25) is 5.91 Å². The lowest BCUT2D eigenvalue weighted by molar-refractivity contribution is -0.115. The van der Waals surface area contributed by atoms with Gasteiger partial charge in [0.15, 0.2) is 0 Å². The van der Waals surface area contributed by atoms with Crippen LogP contribution in [0.1, 0.15) is 13.3 Å². The van der Waals surface area contributed by atoms with Crippen molar-refractivity contribution in [1.82, 2.24) is 0 Å². The molecule has 0 saturated carbocycles. The molecule has 0 aromatic heterocycles. The molecule has 0 aliphatic carbocycles. The Kier molecular flexibility index (Phi) is 7.42. The predicted molar refractivity (Wildman–Crippen MR) is 124 cm³/mol. The topological polar surface area (TPSA) is 75.3 Å². The van der Waals surface area contributed by atoms with Gasteiger partial charge in [-0.15, -0.1) is 11.8 Å². The predicted octanol–water partition coefficient (Wildman–Crippen LogP) is 5.65. The van der Waals surface area contributed by atoms with Gasteiger partial charge in [0.05, 0.1) is 10.1 Å². The summed E-state index contributed by atoms with van der Waals surface area (Å²) in [6.07, 6.45) is 0.645. The number of carbonyl (C=O) groups excluding carboxylic acids is 1. The number of benzene rings is 3. The third-order valence-electron chi connectivity index (χ3n) is 4.21. The number of thioether (sulfide) groups is 1. The number of anilines is 2. The van der Waals surface area contributed by atoms with Crippen molar-refractivity contribution in [3.63, 3.8) is 0 Å². The van der Waals surface area contributed by atoms with Gasteiger partial charge in [0, 0.05) is 21.3 Å². The van der Waals surface area contributed by atoms with Crippen molar-refractivity contribution >= 4 is 50.7 Å². The van der Waals surface area contributed by atoms with Crippen LogP contribution in [0, 0.1) is 0 Å². The molecule has 0 saturated heterocycles. The zero-order valence-electron chi connectivity index (χ0n) is 16.2. The maximum absolute atomic E-state index is 12.6. The highest BCUT2D eigenvalue weighted by molar-refractivity contribution is 8.00. The first kappa shape index (κ1) is 22.2. The van der Waals surface area contributed by atoms with E-state index in [1.807, 2.05) is 25.1 Å². The SMILES string of the molecule is CC[C@H](Sc1ccc(Cl)cc1)C(=O)Nc1ccc(S(=O)(=O)Nc2ccccc2)cc1. The van der Waals surface area contributed by atoms with Gasteiger partial charge in [-0.25, -0.2) is 8.42 Å². The second-order valence-corrected chi connectivity index (χ2v) is 9.85. The third-order valence-corrected chi connectivity index (χ3v) is 7.24. The summed E-state index contributed by atoms with van der Waals surface area (Å²) >= 11 is 7.36. The van der Waals surface area contributed by atoms with Crippen LogP contribution in [0.25, 0.3) is 0 Å². The van der Waals surface area contributed by atoms with E-state index in [-0.39, 0.29) is 16.1 Å². The Morgan fingerprint density at radius 3 is 2.17 bits per heavy atom. The van der Waals surface area contributed by atoms with Crippen LogP contribution in [-0.4, -0.2) is 19.6 Å². The van der Waals surface area contributed by atoms with E-state index in [0.29, 0.717) is 22.8 Å². The van der Waals surface area contributed by atoms with Gasteiger partial charge < -0.3 is 5.32 Å².